The Kier molecular flexibility index (Phi) is 6.48. The van der Waals surface area contributed by atoms with E-state index < -0.39 is 20.6 Å². The van der Waals surface area contributed by atoms with Gasteiger partial charge in [0.05, 0.1) is 15.6 Å². The second kappa shape index (κ2) is 7.66. The highest BCUT2D eigenvalue weighted by molar-refractivity contribution is 7.99. The van der Waals surface area contributed by atoms with E-state index in [0.29, 0.717) is 17.1 Å². The van der Waals surface area contributed by atoms with Crippen LogP contribution in [0.4, 0.5) is 5.69 Å². The summed E-state index contributed by atoms with van der Waals surface area (Å²) >= 11 is 7.14. The number of hydrogen-bond donors (Lipinski definition) is 1. The zero-order chi connectivity index (χ0) is 16.0. The molecule has 0 aromatic heterocycles. The van der Waals surface area contributed by atoms with Crippen LogP contribution in [-0.4, -0.2) is 31.4 Å². The van der Waals surface area contributed by atoms with E-state index in [1.807, 2.05) is 0 Å². The fourth-order valence-electron chi connectivity index (χ4n) is 1.53. The van der Waals surface area contributed by atoms with Crippen LogP contribution in [0.25, 0.3) is 0 Å². The van der Waals surface area contributed by atoms with Gasteiger partial charge in [-0.05, 0) is 18.6 Å². The van der Waals surface area contributed by atoms with Crippen LogP contribution in [0.3, 0.4) is 0 Å². The standard InChI is InChI=1S/C12H13ClN2O4S2/c1-3-5-20-6-4-14-21(18,19)12-8-11(15(16)17)10(13)7-9(12)2/h1,7-8,14H,4-6H2,2H3. The van der Waals surface area contributed by atoms with E-state index in [4.69, 9.17) is 18.0 Å². The van der Waals surface area contributed by atoms with Crippen molar-refractivity contribution in [3.05, 3.63) is 32.8 Å². The van der Waals surface area contributed by atoms with Crippen LogP contribution >= 0.6 is 23.4 Å². The van der Waals surface area contributed by atoms with Crippen molar-refractivity contribution in [3.63, 3.8) is 0 Å². The lowest BCUT2D eigenvalue weighted by atomic mass is 10.2. The maximum atomic E-state index is 12.1. The summed E-state index contributed by atoms with van der Waals surface area (Å²) in [5.41, 5.74) is -0.0984. The number of nitro benzene ring substituents is 1. The van der Waals surface area contributed by atoms with Crippen LogP contribution in [0.1, 0.15) is 5.56 Å². The smallest absolute Gasteiger partial charge is 0.258 e. The second-order valence-corrected chi connectivity index (χ2v) is 7.23. The lowest BCUT2D eigenvalue weighted by molar-refractivity contribution is -0.384. The number of terminal acetylenes is 1. The molecule has 0 radical (unpaired) electrons. The van der Waals surface area contributed by atoms with Gasteiger partial charge in [0.15, 0.2) is 0 Å². The quantitative estimate of drug-likeness (QED) is 0.353. The van der Waals surface area contributed by atoms with Gasteiger partial charge in [-0.1, -0.05) is 17.5 Å². The van der Waals surface area contributed by atoms with Gasteiger partial charge in [-0.3, -0.25) is 10.1 Å². The third-order valence-corrected chi connectivity index (χ3v) is 5.22. The molecule has 21 heavy (non-hydrogen) atoms. The molecule has 1 rings (SSSR count). The fourth-order valence-corrected chi connectivity index (χ4v) is 3.73. The first kappa shape index (κ1) is 17.8. The number of nitrogens with zero attached hydrogens (tertiary/aromatic N) is 1. The Labute approximate surface area is 132 Å². The summed E-state index contributed by atoms with van der Waals surface area (Å²) in [5.74, 6) is 3.43. The van der Waals surface area contributed by atoms with E-state index in [0.717, 1.165) is 6.07 Å². The van der Waals surface area contributed by atoms with Gasteiger partial charge in [0.2, 0.25) is 10.0 Å². The molecule has 0 saturated carbocycles. The first-order chi connectivity index (χ1) is 9.79. The molecule has 0 amide bonds. The van der Waals surface area contributed by atoms with Crippen LogP contribution in [0.5, 0.6) is 0 Å². The first-order valence-corrected chi connectivity index (χ1v) is 8.76. The molecule has 0 aliphatic carbocycles. The molecule has 0 fully saturated rings. The van der Waals surface area contributed by atoms with Crippen molar-refractivity contribution in [1.29, 1.82) is 0 Å². The van der Waals surface area contributed by atoms with Crippen molar-refractivity contribution in [2.75, 3.05) is 18.1 Å². The second-order valence-electron chi connectivity index (χ2n) is 3.98. The minimum Gasteiger partial charge on any atom is -0.258 e. The van der Waals surface area contributed by atoms with Gasteiger partial charge < -0.3 is 0 Å². The van der Waals surface area contributed by atoms with Gasteiger partial charge >= 0.3 is 0 Å². The topological polar surface area (TPSA) is 89.3 Å². The maximum absolute atomic E-state index is 12.1. The largest absolute Gasteiger partial charge is 0.289 e. The Balaban J connectivity index is 2.95. The van der Waals surface area contributed by atoms with Gasteiger partial charge in [-0.15, -0.1) is 18.2 Å². The van der Waals surface area contributed by atoms with E-state index in [1.54, 1.807) is 0 Å². The molecule has 0 spiro atoms. The lowest BCUT2D eigenvalue weighted by Gasteiger charge is -2.09. The average Bonchev–Trinajstić information content (AvgIpc) is 2.37. The van der Waals surface area contributed by atoms with E-state index >= 15 is 0 Å². The van der Waals surface area contributed by atoms with E-state index in [9.17, 15) is 18.5 Å². The predicted octanol–water partition coefficient (Wildman–Crippen LogP) is 2.20. The van der Waals surface area contributed by atoms with Gasteiger partial charge in [-0.25, -0.2) is 13.1 Å². The van der Waals surface area contributed by atoms with E-state index in [1.165, 1.54) is 24.8 Å². The van der Waals surface area contributed by atoms with Gasteiger partial charge in [0.25, 0.3) is 5.69 Å². The van der Waals surface area contributed by atoms with Gasteiger partial charge in [0, 0.05) is 18.4 Å². The third-order valence-electron chi connectivity index (χ3n) is 2.45. The molecule has 9 heteroatoms. The number of sulfonamides is 1. The number of halogens is 1. The summed E-state index contributed by atoms with van der Waals surface area (Å²) in [4.78, 5) is 9.96. The minimum atomic E-state index is -3.83. The molecule has 0 aliphatic heterocycles. The summed E-state index contributed by atoms with van der Waals surface area (Å²) < 4.78 is 26.7. The highest BCUT2D eigenvalue weighted by Gasteiger charge is 2.23. The molecule has 1 N–H and O–H groups in total. The zero-order valence-electron chi connectivity index (χ0n) is 11.1. The van der Waals surface area contributed by atoms with Crippen LogP contribution in [0, 0.1) is 29.4 Å². The predicted molar refractivity (Wildman–Crippen MR) is 84.2 cm³/mol. The summed E-state index contributed by atoms with van der Waals surface area (Å²) in [5, 5.41) is 10.7. The summed E-state index contributed by atoms with van der Waals surface area (Å²) in [6.45, 7) is 1.71. The Morgan fingerprint density at radius 3 is 2.76 bits per heavy atom. The summed E-state index contributed by atoms with van der Waals surface area (Å²) in [7, 11) is -3.83. The average molecular weight is 349 g/mol. The monoisotopic (exact) mass is 348 g/mol. The molecule has 0 atom stereocenters. The third kappa shape index (κ3) is 4.89. The van der Waals surface area contributed by atoms with E-state index in [2.05, 4.69) is 10.6 Å². The Bertz CT molecular complexity index is 683. The number of rotatable bonds is 7. The van der Waals surface area contributed by atoms with Crippen LogP contribution < -0.4 is 4.72 Å². The van der Waals surface area contributed by atoms with Crippen molar-refractivity contribution >= 4 is 39.1 Å². The van der Waals surface area contributed by atoms with Crippen molar-refractivity contribution in [1.82, 2.24) is 4.72 Å². The number of hydrogen-bond acceptors (Lipinski definition) is 5. The van der Waals surface area contributed by atoms with Gasteiger partial charge in [0.1, 0.15) is 5.02 Å². The molecule has 0 unspecified atom stereocenters. The number of nitrogens with one attached hydrogen (secondary N) is 1. The fraction of sp³-hybridized carbons (Fsp3) is 0.333. The maximum Gasteiger partial charge on any atom is 0.289 e. The van der Waals surface area contributed by atoms with Gasteiger partial charge in [-0.2, -0.15) is 0 Å². The normalized spacial score (nSPS) is 11.1. The molecular weight excluding hydrogens is 336 g/mol. The number of thioether (sulfide) groups is 1. The molecule has 114 valence electrons. The summed E-state index contributed by atoms with van der Waals surface area (Å²) in [6, 6.07) is 2.23. The highest BCUT2D eigenvalue weighted by atomic mass is 35.5. The summed E-state index contributed by atoms with van der Waals surface area (Å²) in [6.07, 6.45) is 5.08. The van der Waals surface area contributed by atoms with Crippen LogP contribution in [-0.2, 0) is 10.0 Å². The van der Waals surface area contributed by atoms with Crippen molar-refractivity contribution in [3.8, 4) is 12.3 Å². The molecule has 0 bridgehead atoms. The molecule has 0 heterocycles. The lowest BCUT2D eigenvalue weighted by Crippen LogP contribution is -2.26. The van der Waals surface area contributed by atoms with Crippen molar-refractivity contribution in [2.45, 2.75) is 11.8 Å². The molecule has 1 aromatic carbocycles. The Morgan fingerprint density at radius 2 is 2.19 bits per heavy atom. The van der Waals surface area contributed by atoms with Crippen molar-refractivity contribution in [2.24, 2.45) is 0 Å². The Morgan fingerprint density at radius 1 is 1.52 bits per heavy atom. The first-order valence-electron chi connectivity index (χ1n) is 5.75. The number of benzene rings is 1. The van der Waals surface area contributed by atoms with Crippen LogP contribution in [0.15, 0.2) is 17.0 Å². The van der Waals surface area contributed by atoms with Crippen LogP contribution in [0.2, 0.25) is 5.02 Å². The molecule has 1 aromatic rings. The number of aryl methyl sites for hydroxylation is 1. The zero-order valence-corrected chi connectivity index (χ0v) is 13.5. The molecule has 0 aliphatic rings. The van der Waals surface area contributed by atoms with E-state index in [-0.39, 0.29) is 16.5 Å². The van der Waals surface area contributed by atoms with Crippen molar-refractivity contribution < 1.29 is 13.3 Å². The SMILES string of the molecule is C#CCSCCNS(=O)(=O)c1cc([N+](=O)[O-])c(Cl)cc1C. The number of nitro groups is 1. The molecular formula is C12H13ClN2O4S2. The Hall–Kier alpha value is -1.27. The molecule has 6 nitrogen and oxygen atoms in total. The highest BCUT2D eigenvalue weighted by Crippen LogP contribution is 2.29. The molecule has 0 saturated heterocycles. The minimum absolute atomic E-state index is 0.0963.